The molecule has 1 amide bonds. The molecule has 1 rings (SSSR count). The van der Waals surface area contributed by atoms with Crippen LogP contribution in [0.5, 0.6) is 0 Å². The number of hydrogen-bond donors (Lipinski definition) is 2. The Morgan fingerprint density at radius 2 is 2.40 bits per heavy atom. The molecule has 6 nitrogen and oxygen atoms in total. The van der Waals surface area contributed by atoms with E-state index in [1.807, 2.05) is 0 Å². The van der Waals surface area contributed by atoms with Gasteiger partial charge in [-0.1, -0.05) is 5.16 Å². The highest BCUT2D eigenvalue weighted by Gasteiger charge is 2.02. The molecule has 0 aliphatic heterocycles. The summed E-state index contributed by atoms with van der Waals surface area (Å²) in [6.45, 7) is 0.646. The van der Waals surface area contributed by atoms with Crippen LogP contribution in [0, 0.1) is 0 Å². The van der Waals surface area contributed by atoms with E-state index in [9.17, 15) is 4.79 Å². The van der Waals surface area contributed by atoms with Crippen molar-refractivity contribution >= 4 is 5.91 Å². The minimum absolute atomic E-state index is 0.00746. The van der Waals surface area contributed by atoms with E-state index in [-0.39, 0.29) is 12.5 Å². The molecular formula is C9H15N3O3. The average molecular weight is 213 g/mol. The second-order valence-electron chi connectivity index (χ2n) is 3.13. The number of hydrogen-bond acceptors (Lipinski definition) is 5. The molecule has 0 aliphatic carbocycles. The molecule has 1 heterocycles. The third kappa shape index (κ3) is 5.11. The normalized spacial score (nSPS) is 10.2. The molecular weight excluding hydrogens is 198 g/mol. The first-order valence-corrected chi connectivity index (χ1v) is 4.95. The maximum absolute atomic E-state index is 11.2. The molecule has 0 aliphatic rings. The van der Waals surface area contributed by atoms with Crippen LogP contribution in [0.3, 0.4) is 0 Å². The summed E-state index contributed by atoms with van der Waals surface area (Å²) in [4.78, 5) is 15.0. The Kier molecular flexibility index (Phi) is 5.39. The number of aliphatic hydroxyl groups excluding tert-OH is 1. The zero-order chi connectivity index (χ0) is 10.9. The first-order valence-electron chi connectivity index (χ1n) is 4.95. The quantitative estimate of drug-likeness (QED) is 0.617. The van der Waals surface area contributed by atoms with Crippen molar-refractivity contribution in [3.63, 3.8) is 0 Å². The number of nitrogens with one attached hydrogen (secondary N) is 1. The Balaban J connectivity index is 2.02. The van der Waals surface area contributed by atoms with Crippen molar-refractivity contribution in [1.82, 2.24) is 15.5 Å². The van der Waals surface area contributed by atoms with Gasteiger partial charge in [0, 0.05) is 26.0 Å². The third-order valence-electron chi connectivity index (χ3n) is 1.89. The predicted molar refractivity (Wildman–Crippen MR) is 51.9 cm³/mol. The van der Waals surface area contributed by atoms with Crippen molar-refractivity contribution in [1.29, 1.82) is 0 Å². The predicted octanol–water partition coefficient (Wildman–Crippen LogP) is -0.109. The van der Waals surface area contributed by atoms with E-state index < -0.39 is 0 Å². The van der Waals surface area contributed by atoms with Gasteiger partial charge in [0.1, 0.15) is 0 Å². The van der Waals surface area contributed by atoms with Gasteiger partial charge in [0.2, 0.25) is 12.3 Å². The van der Waals surface area contributed by atoms with Crippen molar-refractivity contribution in [3.8, 4) is 0 Å². The van der Waals surface area contributed by atoms with Gasteiger partial charge in [0.25, 0.3) is 0 Å². The highest BCUT2D eigenvalue weighted by molar-refractivity contribution is 5.75. The van der Waals surface area contributed by atoms with Crippen LogP contribution in [0.25, 0.3) is 0 Å². The molecule has 2 N–H and O–H groups in total. The van der Waals surface area contributed by atoms with Gasteiger partial charge in [0.05, 0.1) is 0 Å². The fourth-order valence-electron chi connectivity index (χ4n) is 1.10. The second kappa shape index (κ2) is 6.94. The van der Waals surface area contributed by atoms with E-state index in [1.165, 1.54) is 6.39 Å². The van der Waals surface area contributed by atoms with Gasteiger partial charge in [-0.25, -0.2) is 0 Å². The maximum Gasteiger partial charge on any atom is 0.220 e. The summed E-state index contributed by atoms with van der Waals surface area (Å²) in [5.74, 6) is 0.581. The number of carbonyl (C=O) groups excluding carboxylic acids is 1. The third-order valence-corrected chi connectivity index (χ3v) is 1.89. The number of nitrogens with zero attached hydrogens (tertiary/aromatic N) is 2. The monoisotopic (exact) mass is 213 g/mol. The molecule has 0 saturated carbocycles. The van der Waals surface area contributed by atoms with Crippen LogP contribution >= 0.6 is 0 Å². The Hall–Kier alpha value is -1.43. The maximum atomic E-state index is 11.2. The van der Waals surface area contributed by atoms with Crippen molar-refractivity contribution in [2.24, 2.45) is 0 Å². The average Bonchev–Trinajstić information content (AvgIpc) is 2.71. The van der Waals surface area contributed by atoms with E-state index in [4.69, 9.17) is 5.11 Å². The van der Waals surface area contributed by atoms with Crippen molar-refractivity contribution < 1.29 is 14.4 Å². The summed E-state index contributed by atoms with van der Waals surface area (Å²) in [6.07, 6.45) is 3.66. The minimum Gasteiger partial charge on any atom is -0.396 e. The molecule has 1 aromatic heterocycles. The van der Waals surface area contributed by atoms with Crippen molar-refractivity contribution in [2.75, 3.05) is 13.2 Å². The Morgan fingerprint density at radius 3 is 3.07 bits per heavy atom. The molecule has 0 spiro atoms. The Bertz CT molecular complexity index is 274. The highest BCUT2D eigenvalue weighted by atomic mass is 16.5. The fraction of sp³-hybridized carbons (Fsp3) is 0.667. The van der Waals surface area contributed by atoms with Crippen LogP contribution < -0.4 is 5.32 Å². The van der Waals surface area contributed by atoms with E-state index in [1.54, 1.807) is 0 Å². The van der Waals surface area contributed by atoms with Crippen LogP contribution in [0.1, 0.15) is 25.1 Å². The molecule has 0 atom stereocenters. The first-order chi connectivity index (χ1) is 7.33. The lowest BCUT2D eigenvalue weighted by atomic mass is 10.2. The number of amides is 1. The van der Waals surface area contributed by atoms with Crippen molar-refractivity contribution in [3.05, 3.63) is 12.2 Å². The summed E-state index contributed by atoms with van der Waals surface area (Å²) in [7, 11) is 0. The molecule has 0 saturated heterocycles. The SMILES string of the molecule is O=C(CCCCO)NCCc1ncon1. The van der Waals surface area contributed by atoms with Gasteiger partial charge in [0.15, 0.2) is 5.82 Å². The summed E-state index contributed by atoms with van der Waals surface area (Å²) in [5.41, 5.74) is 0. The molecule has 0 fully saturated rings. The molecule has 0 bridgehead atoms. The summed E-state index contributed by atoms with van der Waals surface area (Å²) >= 11 is 0. The van der Waals surface area contributed by atoms with E-state index in [0.29, 0.717) is 38.1 Å². The highest BCUT2D eigenvalue weighted by Crippen LogP contribution is 1.94. The van der Waals surface area contributed by atoms with Gasteiger partial charge < -0.3 is 14.9 Å². The fourth-order valence-corrected chi connectivity index (χ4v) is 1.10. The van der Waals surface area contributed by atoms with Crippen LogP contribution in [-0.4, -0.2) is 34.3 Å². The van der Waals surface area contributed by atoms with E-state index in [2.05, 4.69) is 20.0 Å². The number of carbonyl (C=O) groups is 1. The number of unbranched alkanes of at least 4 members (excludes halogenated alkanes) is 1. The Labute approximate surface area is 87.7 Å². The van der Waals surface area contributed by atoms with Crippen molar-refractivity contribution in [2.45, 2.75) is 25.7 Å². The van der Waals surface area contributed by atoms with E-state index >= 15 is 0 Å². The second-order valence-corrected chi connectivity index (χ2v) is 3.13. The number of rotatable bonds is 7. The lowest BCUT2D eigenvalue weighted by Gasteiger charge is -2.02. The van der Waals surface area contributed by atoms with Gasteiger partial charge in [-0.3, -0.25) is 4.79 Å². The lowest BCUT2D eigenvalue weighted by molar-refractivity contribution is -0.121. The Morgan fingerprint density at radius 1 is 1.53 bits per heavy atom. The van der Waals surface area contributed by atoms with Crippen LogP contribution in [0.15, 0.2) is 10.9 Å². The molecule has 0 aromatic carbocycles. The summed E-state index contributed by atoms with van der Waals surface area (Å²) in [6, 6.07) is 0. The molecule has 15 heavy (non-hydrogen) atoms. The van der Waals surface area contributed by atoms with Crippen LogP contribution in [0.2, 0.25) is 0 Å². The van der Waals surface area contributed by atoms with Gasteiger partial charge in [-0.05, 0) is 12.8 Å². The summed E-state index contributed by atoms with van der Waals surface area (Å²) < 4.78 is 4.55. The summed E-state index contributed by atoms with van der Waals surface area (Å²) in [5, 5.41) is 14.9. The van der Waals surface area contributed by atoms with Crippen LogP contribution in [0.4, 0.5) is 0 Å². The van der Waals surface area contributed by atoms with Gasteiger partial charge >= 0.3 is 0 Å². The topological polar surface area (TPSA) is 88.2 Å². The van der Waals surface area contributed by atoms with Crippen LogP contribution in [-0.2, 0) is 11.2 Å². The number of aliphatic hydroxyl groups is 1. The lowest BCUT2D eigenvalue weighted by Crippen LogP contribution is -2.25. The van der Waals surface area contributed by atoms with Gasteiger partial charge in [-0.2, -0.15) is 4.98 Å². The van der Waals surface area contributed by atoms with E-state index in [0.717, 1.165) is 0 Å². The molecule has 0 unspecified atom stereocenters. The number of aromatic nitrogens is 2. The first kappa shape index (κ1) is 11.6. The largest absolute Gasteiger partial charge is 0.396 e. The molecule has 84 valence electrons. The standard InChI is InChI=1S/C9H15N3O3/c13-6-2-1-3-9(14)10-5-4-8-11-7-15-12-8/h7,13H,1-6H2,(H,10,14). The zero-order valence-electron chi connectivity index (χ0n) is 8.48. The zero-order valence-corrected chi connectivity index (χ0v) is 8.48. The smallest absolute Gasteiger partial charge is 0.220 e. The molecule has 1 aromatic rings. The van der Waals surface area contributed by atoms with Gasteiger partial charge in [-0.15, -0.1) is 0 Å². The minimum atomic E-state index is -0.00746. The molecule has 6 heteroatoms. The molecule has 0 radical (unpaired) electrons.